The van der Waals surface area contributed by atoms with E-state index in [0.717, 1.165) is 0 Å². The van der Waals surface area contributed by atoms with Crippen LogP contribution < -0.4 is 9.47 Å². The molecule has 2 N–H and O–H groups in total. The van der Waals surface area contributed by atoms with Gasteiger partial charge in [-0.05, 0) is 17.7 Å². The Bertz CT molecular complexity index is 739. The lowest BCUT2D eigenvalue weighted by molar-refractivity contribution is 0.0689. The molecule has 0 radical (unpaired) electrons. The molecule has 0 aromatic heterocycles. The molecular formula is C18H18O6. The standard InChI is InChI=1S/C18H18O6/c1-23-14-9-8-12(18(21)22)15(17(14)24-2)16(20)13(10-19)11-6-4-3-5-7-11/h3-9,13,19H,10H2,1-2H3,(H,21,22). The summed E-state index contributed by atoms with van der Waals surface area (Å²) in [6.45, 7) is -0.456. The minimum absolute atomic E-state index is 0.0387. The second-order valence-corrected chi connectivity index (χ2v) is 5.04. The number of ketones is 1. The van der Waals surface area contributed by atoms with Crippen LogP contribution in [0.3, 0.4) is 0 Å². The minimum atomic E-state index is -1.26. The molecule has 2 aromatic rings. The van der Waals surface area contributed by atoms with Gasteiger partial charge in [0.15, 0.2) is 17.3 Å². The summed E-state index contributed by atoms with van der Waals surface area (Å²) in [7, 11) is 2.73. The zero-order valence-corrected chi connectivity index (χ0v) is 13.4. The summed E-state index contributed by atoms with van der Waals surface area (Å²) in [6.07, 6.45) is 0. The first-order valence-corrected chi connectivity index (χ1v) is 7.23. The van der Waals surface area contributed by atoms with Crippen LogP contribution in [-0.2, 0) is 0 Å². The summed E-state index contributed by atoms with van der Waals surface area (Å²) in [6, 6.07) is 11.4. The number of aliphatic hydroxyl groups is 1. The van der Waals surface area contributed by atoms with E-state index in [2.05, 4.69) is 0 Å². The molecule has 0 aliphatic carbocycles. The van der Waals surface area contributed by atoms with Crippen LogP contribution >= 0.6 is 0 Å². The number of hydrogen-bond donors (Lipinski definition) is 2. The fraction of sp³-hybridized carbons (Fsp3) is 0.222. The van der Waals surface area contributed by atoms with Crippen LogP contribution in [0.25, 0.3) is 0 Å². The lowest BCUT2D eigenvalue weighted by atomic mass is 9.88. The van der Waals surface area contributed by atoms with Crippen molar-refractivity contribution in [1.82, 2.24) is 0 Å². The highest BCUT2D eigenvalue weighted by molar-refractivity contribution is 6.11. The summed E-state index contributed by atoms with van der Waals surface area (Å²) in [5, 5.41) is 19.1. The quantitative estimate of drug-likeness (QED) is 0.757. The van der Waals surface area contributed by atoms with Gasteiger partial charge < -0.3 is 19.7 Å². The molecule has 0 aliphatic heterocycles. The first kappa shape index (κ1) is 17.5. The second kappa shape index (κ2) is 7.61. The first-order chi connectivity index (χ1) is 11.5. The van der Waals surface area contributed by atoms with Crippen LogP contribution in [0.2, 0.25) is 0 Å². The van der Waals surface area contributed by atoms with E-state index in [4.69, 9.17) is 9.47 Å². The Hall–Kier alpha value is -2.86. The topological polar surface area (TPSA) is 93.1 Å². The molecule has 2 rings (SSSR count). The Labute approximate surface area is 139 Å². The lowest BCUT2D eigenvalue weighted by Gasteiger charge is -2.19. The largest absolute Gasteiger partial charge is 0.493 e. The maximum atomic E-state index is 13.0. The average Bonchev–Trinajstić information content (AvgIpc) is 2.61. The molecular weight excluding hydrogens is 312 g/mol. The number of carboxylic acid groups (broad SMARTS) is 1. The highest BCUT2D eigenvalue weighted by Crippen LogP contribution is 2.36. The third-order valence-electron chi connectivity index (χ3n) is 3.72. The molecule has 1 atom stereocenters. The van der Waals surface area contributed by atoms with Crippen LogP contribution in [0.4, 0.5) is 0 Å². The van der Waals surface area contributed by atoms with Gasteiger partial charge in [-0.25, -0.2) is 4.79 Å². The zero-order chi connectivity index (χ0) is 17.7. The van der Waals surface area contributed by atoms with Crippen molar-refractivity contribution in [2.75, 3.05) is 20.8 Å². The number of carboxylic acids is 1. The molecule has 6 heteroatoms. The van der Waals surface area contributed by atoms with Crippen molar-refractivity contribution in [2.24, 2.45) is 0 Å². The zero-order valence-electron chi connectivity index (χ0n) is 13.4. The van der Waals surface area contributed by atoms with E-state index in [1.165, 1.54) is 26.4 Å². The smallest absolute Gasteiger partial charge is 0.336 e. The molecule has 24 heavy (non-hydrogen) atoms. The number of hydrogen-bond acceptors (Lipinski definition) is 5. The number of methoxy groups -OCH3 is 2. The molecule has 0 fully saturated rings. The Kier molecular flexibility index (Phi) is 5.55. The van der Waals surface area contributed by atoms with E-state index in [9.17, 15) is 19.8 Å². The van der Waals surface area contributed by atoms with Gasteiger partial charge in [-0.2, -0.15) is 0 Å². The molecule has 0 saturated carbocycles. The number of Topliss-reactive ketones (excluding diaryl/α,β-unsaturated/α-hetero) is 1. The highest BCUT2D eigenvalue weighted by atomic mass is 16.5. The van der Waals surface area contributed by atoms with Gasteiger partial charge in [0.25, 0.3) is 0 Å². The molecule has 6 nitrogen and oxygen atoms in total. The van der Waals surface area contributed by atoms with Gasteiger partial charge in [0.2, 0.25) is 0 Å². The number of ether oxygens (including phenoxy) is 2. The monoisotopic (exact) mass is 330 g/mol. The molecule has 0 saturated heterocycles. The Morgan fingerprint density at radius 3 is 2.21 bits per heavy atom. The van der Waals surface area contributed by atoms with Crippen molar-refractivity contribution in [2.45, 2.75) is 5.92 Å². The fourth-order valence-electron chi connectivity index (χ4n) is 2.55. The third kappa shape index (κ3) is 3.23. The number of carbonyl (C=O) groups excluding carboxylic acids is 1. The van der Waals surface area contributed by atoms with Crippen LogP contribution in [0.15, 0.2) is 42.5 Å². The molecule has 0 heterocycles. The normalized spacial score (nSPS) is 11.6. The van der Waals surface area contributed by atoms with Crippen molar-refractivity contribution >= 4 is 11.8 Å². The van der Waals surface area contributed by atoms with Crippen molar-refractivity contribution in [3.63, 3.8) is 0 Å². The van der Waals surface area contributed by atoms with Crippen LogP contribution in [0.1, 0.15) is 32.2 Å². The number of rotatable bonds is 7. The summed E-state index contributed by atoms with van der Waals surface area (Å²) < 4.78 is 10.4. The molecule has 1 unspecified atom stereocenters. The van der Waals surface area contributed by atoms with Crippen LogP contribution in [0.5, 0.6) is 11.5 Å². The molecule has 0 aliphatic rings. The Morgan fingerprint density at radius 2 is 1.71 bits per heavy atom. The maximum Gasteiger partial charge on any atom is 0.336 e. The molecule has 0 bridgehead atoms. The van der Waals surface area contributed by atoms with E-state index < -0.39 is 24.3 Å². The first-order valence-electron chi connectivity index (χ1n) is 7.23. The van der Waals surface area contributed by atoms with E-state index in [-0.39, 0.29) is 22.6 Å². The van der Waals surface area contributed by atoms with Gasteiger partial charge in [-0.3, -0.25) is 4.79 Å². The Balaban J connectivity index is 2.64. The molecule has 0 amide bonds. The van der Waals surface area contributed by atoms with Crippen molar-refractivity contribution in [3.05, 3.63) is 59.2 Å². The second-order valence-electron chi connectivity index (χ2n) is 5.04. The number of carbonyl (C=O) groups is 2. The maximum absolute atomic E-state index is 13.0. The summed E-state index contributed by atoms with van der Waals surface area (Å²) in [5.74, 6) is -2.42. The van der Waals surface area contributed by atoms with Gasteiger partial charge in [-0.15, -0.1) is 0 Å². The van der Waals surface area contributed by atoms with Gasteiger partial charge in [0.1, 0.15) is 0 Å². The highest BCUT2D eigenvalue weighted by Gasteiger charge is 2.30. The Morgan fingerprint density at radius 1 is 1.04 bits per heavy atom. The number of benzene rings is 2. The number of aliphatic hydroxyl groups excluding tert-OH is 1. The van der Waals surface area contributed by atoms with Crippen molar-refractivity contribution in [3.8, 4) is 11.5 Å². The predicted molar refractivity (Wildman–Crippen MR) is 87.1 cm³/mol. The fourth-order valence-corrected chi connectivity index (χ4v) is 2.55. The third-order valence-corrected chi connectivity index (χ3v) is 3.72. The molecule has 0 spiro atoms. The summed E-state index contributed by atoms with van der Waals surface area (Å²) in [5.41, 5.74) is 0.269. The van der Waals surface area contributed by atoms with Crippen LogP contribution in [0, 0.1) is 0 Å². The lowest BCUT2D eigenvalue weighted by Crippen LogP contribution is -2.21. The summed E-state index contributed by atoms with van der Waals surface area (Å²) >= 11 is 0. The van der Waals surface area contributed by atoms with E-state index in [1.54, 1.807) is 30.3 Å². The van der Waals surface area contributed by atoms with E-state index >= 15 is 0 Å². The van der Waals surface area contributed by atoms with E-state index in [0.29, 0.717) is 5.56 Å². The van der Waals surface area contributed by atoms with Crippen molar-refractivity contribution < 1.29 is 29.3 Å². The van der Waals surface area contributed by atoms with Gasteiger partial charge >= 0.3 is 5.97 Å². The van der Waals surface area contributed by atoms with Crippen molar-refractivity contribution in [1.29, 1.82) is 0 Å². The average molecular weight is 330 g/mol. The number of aromatic carboxylic acids is 1. The SMILES string of the molecule is COc1ccc(C(=O)O)c(C(=O)C(CO)c2ccccc2)c1OC. The van der Waals surface area contributed by atoms with Gasteiger partial charge in [0.05, 0.1) is 37.9 Å². The summed E-state index contributed by atoms with van der Waals surface area (Å²) in [4.78, 5) is 24.5. The van der Waals surface area contributed by atoms with Gasteiger partial charge in [-0.1, -0.05) is 30.3 Å². The van der Waals surface area contributed by atoms with E-state index in [1.807, 2.05) is 0 Å². The van der Waals surface area contributed by atoms with Crippen LogP contribution in [-0.4, -0.2) is 42.8 Å². The molecule has 2 aromatic carbocycles. The predicted octanol–water partition coefficient (Wildman–Crippen LogP) is 2.36. The van der Waals surface area contributed by atoms with Gasteiger partial charge in [0, 0.05) is 0 Å². The minimum Gasteiger partial charge on any atom is -0.493 e. The molecule has 126 valence electrons.